The summed E-state index contributed by atoms with van der Waals surface area (Å²) in [5, 5.41) is 0.712. The first-order valence-electron chi connectivity index (χ1n) is 5.89. The van der Waals surface area contributed by atoms with Crippen LogP contribution in [0, 0.1) is 0 Å². The molecule has 0 radical (unpaired) electrons. The van der Waals surface area contributed by atoms with Crippen molar-refractivity contribution in [3.8, 4) is 11.3 Å². The maximum Gasteiger partial charge on any atom is 0.131 e. The minimum atomic E-state index is -0.0342. The summed E-state index contributed by atoms with van der Waals surface area (Å²) in [6.45, 7) is 6.38. The first-order chi connectivity index (χ1) is 8.30. The zero-order chi connectivity index (χ0) is 13.5. The maximum absolute atomic E-state index is 6.14. The van der Waals surface area contributed by atoms with Crippen LogP contribution >= 0.6 is 11.6 Å². The molecule has 0 atom stereocenters. The molecule has 1 aromatic heterocycles. The van der Waals surface area contributed by atoms with Crippen LogP contribution in [0.5, 0.6) is 0 Å². The topological polar surface area (TPSA) is 43.8 Å². The Hall–Kier alpha value is -1.48. The van der Waals surface area contributed by atoms with Crippen LogP contribution in [0.15, 0.2) is 24.3 Å². The molecule has 3 nitrogen and oxygen atoms in total. The molecule has 18 heavy (non-hydrogen) atoms. The highest BCUT2D eigenvalue weighted by atomic mass is 35.5. The second-order valence-electron chi connectivity index (χ2n) is 5.49. The van der Waals surface area contributed by atoms with Crippen molar-refractivity contribution in [2.24, 2.45) is 7.05 Å². The van der Waals surface area contributed by atoms with E-state index in [2.05, 4.69) is 25.8 Å². The van der Waals surface area contributed by atoms with Gasteiger partial charge in [-0.05, 0) is 12.1 Å². The molecule has 4 heteroatoms. The number of benzene rings is 1. The van der Waals surface area contributed by atoms with Gasteiger partial charge in [-0.2, -0.15) is 0 Å². The van der Waals surface area contributed by atoms with Gasteiger partial charge in [0.05, 0.1) is 0 Å². The summed E-state index contributed by atoms with van der Waals surface area (Å²) in [7, 11) is 1.95. The monoisotopic (exact) mass is 263 g/mol. The average molecular weight is 264 g/mol. The molecule has 96 valence electrons. The fraction of sp³-hybridized carbons (Fsp3) is 0.357. The predicted octanol–water partition coefficient (Wildman–Crippen LogP) is 3.62. The van der Waals surface area contributed by atoms with Crippen molar-refractivity contribution in [1.82, 2.24) is 9.55 Å². The van der Waals surface area contributed by atoms with Crippen LogP contribution < -0.4 is 5.73 Å². The van der Waals surface area contributed by atoms with Gasteiger partial charge in [0.2, 0.25) is 0 Å². The second kappa shape index (κ2) is 4.32. The number of nitrogens with two attached hydrogens (primary N) is 1. The van der Waals surface area contributed by atoms with E-state index in [4.69, 9.17) is 17.3 Å². The lowest BCUT2D eigenvalue weighted by Crippen LogP contribution is -2.17. The van der Waals surface area contributed by atoms with Gasteiger partial charge in [-0.1, -0.05) is 44.5 Å². The largest absolute Gasteiger partial charge is 0.383 e. The van der Waals surface area contributed by atoms with Crippen molar-refractivity contribution in [3.05, 3.63) is 35.1 Å². The SMILES string of the molecule is Cn1c(C(C)(C)C)nc(-c2ccc(Cl)cc2)c1N. The normalized spacial score (nSPS) is 11.8. The van der Waals surface area contributed by atoms with Gasteiger partial charge in [0.15, 0.2) is 0 Å². The Labute approximate surface area is 113 Å². The molecule has 0 saturated carbocycles. The van der Waals surface area contributed by atoms with Crippen LogP contribution in [0.1, 0.15) is 26.6 Å². The number of halogens is 1. The van der Waals surface area contributed by atoms with E-state index < -0.39 is 0 Å². The standard InChI is InChI=1S/C14H18ClN3/c1-14(2,3)13-17-11(12(16)18(13)4)9-5-7-10(15)8-6-9/h5-8H,16H2,1-4H3. The molecule has 2 aromatic rings. The molecule has 0 spiro atoms. The van der Waals surface area contributed by atoms with Gasteiger partial charge in [0.25, 0.3) is 0 Å². The summed E-state index contributed by atoms with van der Waals surface area (Å²) in [4.78, 5) is 4.68. The third kappa shape index (κ3) is 2.23. The molecule has 1 aromatic carbocycles. The Kier molecular flexibility index (Phi) is 3.11. The first kappa shape index (κ1) is 13.0. The van der Waals surface area contributed by atoms with Crippen LogP contribution in [-0.4, -0.2) is 9.55 Å². The van der Waals surface area contributed by atoms with Gasteiger partial charge >= 0.3 is 0 Å². The average Bonchev–Trinajstić information content (AvgIpc) is 2.57. The van der Waals surface area contributed by atoms with Crippen molar-refractivity contribution in [1.29, 1.82) is 0 Å². The number of anilines is 1. The predicted molar refractivity (Wildman–Crippen MR) is 76.8 cm³/mol. The third-order valence-electron chi connectivity index (χ3n) is 2.93. The Morgan fingerprint density at radius 3 is 2.17 bits per heavy atom. The number of hydrogen-bond acceptors (Lipinski definition) is 2. The van der Waals surface area contributed by atoms with Gasteiger partial charge in [-0.25, -0.2) is 4.98 Å². The molecule has 0 saturated heterocycles. The fourth-order valence-electron chi connectivity index (χ4n) is 2.00. The van der Waals surface area contributed by atoms with Crippen LogP contribution in [-0.2, 0) is 12.5 Å². The third-order valence-corrected chi connectivity index (χ3v) is 3.18. The van der Waals surface area contributed by atoms with E-state index in [1.807, 2.05) is 35.9 Å². The highest BCUT2D eigenvalue weighted by Gasteiger charge is 2.23. The van der Waals surface area contributed by atoms with Gasteiger partial charge in [-0.15, -0.1) is 0 Å². The van der Waals surface area contributed by atoms with E-state index in [0.29, 0.717) is 10.8 Å². The van der Waals surface area contributed by atoms with Gasteiger partial charge in [0, 0.05) is 23.0 Å². The fourth-order valence-corrected chi connectivity index (χ4v) is 2.13. The molecule has 0 unspecified atom stereocenters. The summed E-state index contributed by atoms with van der Waals surface area (Å²) in [5.74, 6) is 1.66. The van der Waals surface area contributed by atoms with Gasteiger partial charge in [0.1, 0.15) is 17.3 Å². The van der Waals surface area contributed by atoms with E-state index in [1.54, 1.807) is 0 Å². The van der Waals surface area contributed by atoms with E-state index in [1.165, 1.54) is 0 Å². The number of hydrogen-bond donors (Lipinski definition) is 1. The Balaban J connectivity index is 2.56. The van der Waals surface area contributed by atoms with Crippen LogP contribution in [0.4, 0.5) is 5.82 Å². The summed E-state index contributed by atoms with van der Waals surface area (Å²) in [6, 6.07) is 7.57. The number of rotatable bonds is 1. The Morgan fingerprint density at radius 2 is 1.72 bits per heavy atom. The number of imidazole rings is 1. The van der Waals surface area contributed by atoms with E-state index in [-0.39, 0.29) is 5.41 Å². The lowest BCUT2D eigenvalue weighted by Gasteiger charge is -2.17. The van der Waals surface area contributed by atoms with Gasteiger partial charge in [-0.3, -0.25) is 0 Å². The molecular formula is C14H18ClN3. The van der Waals surface area contributed by atoms with Crippen LogP contribution in [0.2, 0.25) is 5.02 Å². The minimum Gasteiger partial charge on any atom is -0.383 e. The summed E-state index contributed by atoms with van der Waals surface area (Å²) in [5.41, 5.74) is 7.91. The number of nitrogens with zero attached hydrogens (tertiary/aromatic N) is 2. The van der Waals surface area contributed by atoms with E-state index in [9.17, 15) is 0 Å². The molecule has 0 aliphatic heterocycles. The molecule has 0 fully saturated rings. The molecule has 0 aliphatic carbocycles. The first-order valence-corrected chi connectivity index (χ1v) is 6.27. The van der Waals surface area contributed by atoms with Crippen molar-refractivity contribution in [2.75, 3.05) is 5.73 Å². The van der Waals surface area contributed by atoms with Crippen molar-refractivity contribution in [3.63, 3.8) is 0 Å². The highest BCUT2D eigenvalue weighted by molar-refractivity contribution is 6.30. The summed E-state index contributed by atoms with van der Waals surface area (Å²) in [6.07, 6.45) is 0. The number of nitrogen functional groups attached to an aromatic ring is 1. The van der Waals surface area contributed by atoms with Crippen molar-refractivity contribution >= 4 is 17.4 Å². The van der Waals surface area contributed by atoms with Crippen LogP contribution in [0.3, 0.4) is 0 Å². The van der Waals surface area contributed by atoms with Gasteiger partial charge < -0.3 is 10.3 Å². The quantitative estimate of drug-likeness (QED) is 0.854. The lowest BCUT2D eigenvalue weighted by molar-refractivity contribution is 0.524. The minimum absolute atomic E-state index is 0.0342. The van der Waals surface area contributed by atoms with Crippen LogP contribution in [0.25, 0.3) is 11.3 Å². The zero-order valence-corrected chi connectivity index (χ0v) is 11.9. The molecular weight excluding hydrogens is 246 g/mol. The van der Waals surface area contributed by atoms with E-state index >= 15 is 0 Å². The highest BCUT2D eigenvalue weighted by Crippen LogP contribution is 2.31. The van der Waals surface area contributed by atoms with E-state index in [0.717, 1.165) is 17.1 Å². The van der Waals surface area contributed by atoms with Crippen molar-refractivity contribution in [2.45, 2.75) is 26.2 Å². The Bertz CT molecular complexity index is 562. The molecule has 1 heterocycles. The Morgan fingerprint density at radius 1 is 1.17 bits per heavy atom. The smallest absolute Gasteiger partial charge is 0.131 e. The maximum atomic E-state index is 6.14. The second-order valence-corrected chi connectivity index (χ2v) is 5.92. The molecule has 0 amide bonds. The molecule has 2 N–H and O–H groups in total. The molecule has 0 aliphatic rings. The summed E-state index contributed by atoms with van der Waals surface area (Å²) < 4.78 is 1.95. The molecule has 0 bridgehead atoms. The lowest BCUT2D eigenvalue weighted by atomic mass is 9.96. The zero-order valence-electron chi connectivity index (χ0n) is 11.2. The summed E-state index contributed by atoms with van der Waals surface area (Å²) >= 11 is 5.89. The molecule has 2 rings (SSSR count). The van der Waals surface area contributed by atoms with Crippen molar-refractivity contribution < 1.29 is 0 Å². The number of aromatic nitrogens is 2.